The van der Waals surface area contributed by atoms with Gasteiger partial charge >= 0.3 is 0 Å². The van der Waals surface area contributed by atoms with Gasteiger partial charge in [0, 0.05) is 6.04 Å². The number of rotatable bonds is 5. The van der Waals surface area contributed by atoms with E-state index in [2.05, 4.69) is 27.8 Å². The minimum Gasteiger partial charge on any atom is -0.352 e. The molecular weight excluding hydrogens is 322 g/mol. The molecule has 0 aliphatic heterocycles. The third kappa shape index (κ3) is 3.95. The van der Waals surface area contributed by atoms with Gasteiger partial charge in [0.1, 0.15) is 0 Å². The Bertz CT molecular complexity index is 675. The van der Waals surface area contributed by atoms with Gasteiger partial charge in [-0.15, -0.1) is 5.10 Å². The summed E-state index contributed by atoms with van der Waals surface area (Å²) in [5.41, 5.74) is 0.888. The first kappa shape index (κ1) is 17.0. The van der Waals surface area contributed by atoms with Crippen LogP contribution in [0.4, 0.5) is 0 Å². The molecule has 0 spiro atoms. The number of benzene rings is 1. The van der Waals surface area contributed by atoms with Crippen molar-refractivity contribution in [3.8, 4) is 5.69 Å². The Kier molecular flexibility index (Phi) is 5.50. The number of thioether (sulfide) groups is 1. The molecule has 0 radical (unpaired) electrons. The van der Waals surface area contributed by atoms with E-state index in [-0.39, 0.29) is 11.2 Å². The molecule has 1 aliphatic carbocycles. The van der Waals surface area contributed by atoms with Crippen LogP contribution < -0.4 is 5.32 Å². The summed E-state index contributed by atoms with van der Waals surface area (Å²) in [6.45, 7) is 4.12. The van der Waals surface area contributed by atoms with Gasteiger partial charge in [0.2, 0.25) is 11.1 Å². The SMILES string of the molecule is CC(Sc1nnnn1-c1ccccc1)C(=O)NC1CCCCC1C. The summed E-state index contributed by atoms with van der Waals surface area (Å²) < 4.78 is 1.66. The maximum absolute atomic E-state index is 12.5. The molecule has 1 fully saturated rings. The zero-order chi connectivity index (χ0) is 16.9. The highest BCUT2D eigenvalue weighted by molar-refractivity contribution is 8.00. The third-order valence-corrected chi connectivity index (χ3v) is 5.57. The van der Waals surface area contributed by atoms with Crippen molar-refractivity contribution in [1.29, 1.82) is 0 Å². The summed E-state index contributed by atoms with van der Waals surface area (Å²) in [4.78, 5) is 12.5. The second kappa shape index (κ2) is 7.79. The summed E-state index contributed by atoms with van der Waals surface area (Å²) in [7, 11) is 0. The van der Waals surface area contributed by atoms with Gasteiger partial charge in [-0.25, -0.2) is 0 Å². The van der Waals surface area contributed by atoms with Crippen LogP contribution in [-0.4, -0.2) is 37.4 Å². The number of amides is 1. The summed E-state index contributed by atoms with van der Waals surface area (Å²) in [6, 6.07) is 9.99. The smallest absolute Gasteiger partial charge is 0.233 e. The van der Waals surface area contributed by atoms with Crippen molar-refractivity contribution < 1.29 is 4.79 Å². The Morgan fingerprint density at radius 3 is 2.79 bits per heavy atom. The van der Waals surface area contributed by atoms with E-state index in [4.69, 9.17) is 0 Å². The first-order chi connectivity index (χ1) is 11.6. The lowest BCUT2D eigenvalue weighted by Gasteiger charge is -2.30. The Hall–Kier alpha value is -1.89. The number of tetrazole rings is 1. The van der Waals surface area contributed by atoms with Gasteiger partial charge in [-0.1, -0.05) is 49.7 Å². The number of carbonyl (C=O) groups is 1. The van der Waals surface area contributed by atoms with E-state index in [1.807, 2.05) is 37.3 Å². The topological polar surface area (TPSA) is 72.7 Å². The van der Waals surface area contributed by atoms with Crippen molar-refractivity contribution in [3.05, 3.63) is 30.3 Å². The van der Waals surface area contributed by atoms with Crippen LogP contribution in [0, 0.1) is 5.92 Å². The van der Waals surface area contributed by atoms with Gasteiger partial charge in [-0.3, -0.25) is 4.79 Å². The second-order valence-corrected chi connectivity index (χ2v) is 7.65. The number of hydrogen-bond acceptors (Lipinski definition) is 5. The number of para-hydroxylation sites is 1. The van der Waals surface area contributed by atoms with E-state index >= 15 is 0 Å². The third-order valence-electron chi connectivity index (χ3n) is 4.53. The van der Waals surface area contributed by atoms with Crippen molar-refractivity contribution in [2.24, 2.45) is 5.92 Å². The van der Waals surface area contributed by atoms with Crippen LogP contribution in [0.2, 0.25) is 0 Å². The van der Waals surface area contributed by atoms with Crippen molar-refractivity contribution in [2.75, 3.05) is 0 Å². The molecule has 3 atom stereocenters. The zero-order valence-electron chi connectivity index (χ0n) is 14.1. The molecule has 1 saturated carbocycles. The lowest BCUT2D eigenvalue weighted by atomic mass is 9.86. The molecule has 2 aromatic rings. The van der Waals surface area contributed by atoms with Crippen LogP contribution in [0.25, 0.3) is 5.69 Å². The van der Waals surface area contributed by atoms with E-state index in [0.29, 0.717) is 17.1 Å². The Morgan fingerprint density at radius 1 is 1.29 bits per heavy atom. The Balaban J connectivity index is 1.64. The predicted molar refractivity (Wildman–Crippen MR) is 94.0 cm³/mol. The molecule has 3 rings (SSSR count). The van der Waals surface area contributed by atoms with E-state index in [9.17, 15) is 4.79 Å². The average molecular weight is 345 g/mol. The second-order valence-electron chi connectivity index (χ2n) is 6.35. The van der Waals surface area contributed by atoms with E-state index < -0.39 is 0 Å². The molecule has 3 unspecified atom stereocenters. The van der Waals surface area contributed by atoms with E-state index in [1.54, 1.807) is 4.68 Å². The fourth-order valence-corrected chi connectivity index (χ4v) is 3.84. The predicted octanol–water partition coefficient (Wildman–Crippen LogP) is 2.84. The maximum Gasteiger partial charge on any atom is 0.233 e. The molecule has 1 aliphatic rings. The Labute approximate surface area is 146 Å². The highest BCUT2D eigenvalue weighted by Crippen LogP contribution is 2.26. The van der Waals surface area contributed by atoms with Gasteiger partial charge in [0.15, 0.2) is 0 Å². The van der Waals surface area contributed by atoms with Crippen LogP contribution in [0.5, 0.6) is 0 Å². The molecule has 1 heterocycles. The van der Waals surface area contributed by atoms with Crippen LogP contribution in [0.15, 0.2) is 35.5 Å². The highest BCUT2D eigenvalue weighted by atomic mass is 32.2. The van der Waals surface area contributed by atoms with Crippen LogP contribution in [0.1, 0.15) is 39.5 Å². The number of aromatic nitrogens is 4. The fraction of sp³-hybridized carbons (Fsp3) is 0.529. The highest BCUT2D eigenvalue weighted by Gasteiger charge is 2.26. The molecule has 0 bridgehead atoms. The summed E-state index contributed by atoms with van der Waals surface area (Å²) in [5, 5.41) is 15.4. The lowest BCUT2D eigenvalue weighted by Crippen LogP contribution is -2.44. The van der Waals surface area contributed by atoms with Gasteiger partial charge in [0.25, 0.3) is 0 Å². The van der Waals surface area contributed by atoms with Crippen molar-refractivity contribution >= 4 is 17.7 Å². The monoisotopic (exact) mass is 345 g/mol. The Morgan fingerprint density at radius 2 is 2.04 bits per heavy atom. The minimum absolute atomic E-state index is 0.0568. The maximum atomic E-state index is 12.5. The van der Waals surface area contributed by atoms with Crippen molar-refractivity contribution in [3.63, 3.8) is 0 Å². The first-order valence-corrected chi connectivity index (χ1v) is 9.34. The number of nitrogens with one attached hydrogen (secondary N) is 1. The molecule has 128 valence electrons. The largest absolute Gasteiger partial charge is 0.352 e. The molecule has 6 nitrogen and oxygen atoms in total. The summed E-state index contributed by atoms with van der Waals surface area (Å²) in [5.74, 6) is 0.607. The summed E-state index contributed by atoms with van der Waals surface area (Å²) >= 11 is 1.38. The number of hydrogen-bond donors (Lipinski definition) is 1. The van der Waals surface area contributed by atoms with Gasteiger partial charge in [-0.2, -0.15) is 4.68 Å². The standard InChI is InChI=1S/C17H23N5OS/c1-12-8-6-7-11-15(12)18-16(23)13(2)24-17-19-20-21-22(17)14-9-4-3-5-10-14/h3-5,9-10,12-13,15H,6-8,11H2,1-2H3,(H,18,23). The number of nitrogens with zero attached hydrogens (tertiary/aromatic N) is 4. The molecule has 0 saturated heterocycles. The molecule has 1 amide bonds. The van der Waals surface area contributed by atoms with E-state index in [1.165, 1.54) is 31.0 Å². The van der Waals surface area contributed by atoms with Crippen LogP contribution in [0.3, 0.4) is 0 Å². The average Bonchev–Trinajstić information content (AvgIpc) is 3.05. The normalized spacial score (nSPS) is 22.1. The fourth-order valence-electron chi connectivity index (χ4n) is 3.03. The van der Waals surface area contributed by atoms with Crippen molar-refractivity contribution in [1.82, 2.24) is 25.5 Å². The quantitative estimate of drug-likeness (QED) is 0.844. The van der Waals surface area contributed by atoms with Gasteiger partial charge in [-0.05, 0) is 48.2 Å². The van der Waals surface area contributed by atoms with Gasteiger partial charge in [0.05, 0.1) is 10.9 Å². The first-order valence-electron chi connectivity index (χ1n) is 8.46. The van der Waals surface area contributed by atoms with E-state index in [0.717, 1.165) is 12.1 Å². The summed E-state index contributed by atoms with van der Waals surface area (Å²) in [6.07, 6.45) is 4.73. The zero-order valence-corrected chi connectivity index (χ0v) is 14.9. The van der Waals surface area contributed by atoms with Crippen LogP contribution >= 0.6 is 11.8 Å². The molecule has 1 aromatic carbocycles. The lowest BCUT2D eigenvalue weighted by molar-refractivity contribution is -0.121. The van der Waals surface area contributed by atoms with Gasteiger partial charge < -0.3 is 5.32 Å². The molecule has 24 heavy (non-hydrogen) atoms. The van der Waals surface area contributed by atoms with Crippen LogP contribution in [-0.2, 0) is 4.79 Å². The van der Waals surface area contributed by atoms with Crippen molar-refractivity contribution in [2.45, 2.75) is 56.0 Å². The minimum atomic E-state index is -0.243. The molecular formula is C17H23N5OS. The molecule has 1 N–H and O–H groups in total. The molecule has 7 heteroatoms. The number of carbonyl (C=O) groups excluding carboxylic acids is 1. The molecule has 1 aromatic heterocycles.